The number of piperazine rings is 1. The van der Waals surface area contributed by atoms with Crippen LogP contribution in [0.3, 0.4) is 0 Å². The maximum absolute atomic E-state index is 13.2. The first kappa shape index (κ1) is 18.1. The Morgan fingerprint density at radius 2 is 1.69 bits per heavy atom. The van der Waals surface area contributed by atoms with Crippen molar-refractivity contribution in [2.45, 2.75) is 12.7 Å². The topological polar surface area (TPSA) is 55.2 Å². The van der Waals surface area contributed by atoms with Crippen molar-refractivity contribution < 1.29 is 13.2 Å². The van der Waals surface area contributed by atoms with Gasteiger partial charge in [-0.3, -0.25) is 4.90 Å². The predicted octanol–water partition coefficient (Wildman–Crippen LogP) is 4.97. The molecule has 1 aliphatic rings. The van der Waals surface area contributed by atoms with E-state index in [1.807, 2.05) is 23.1 Å². The fourth-order valence-corrected chi connectivity index (χ4v) is 3.09. The molecule has 1 saturated heterocycles. The number of nitrogens with zero attached hydrogens (tertiary/aromatic N) is 5. The highest BCUT2D eigenvalue weighted by atomic mass is 19.4. The quantitative estimate of drug-likeness (QED) is 0.439. The summed E-state index contributed by atoms with van der Waals surface area (Å²) in [6.07, 6.45) is -4.56. The lowest BCUT2D eigenvalue weighted by atomic mass is 10.1. The van der Waals surface area contributed by atoms with Gasteiger partial charge in [-0.05, 0) is 23.2 Å². The Morgan fingerprint density at radius 3 is 2.31 bits per heavy atom. The van der Waals surface area contributed by atoms with Crippen molar-refractivity contribution in [3.63, 3.8) is 0 Å². The normalized spacial score (nSPS) is 15.6. The van der Waals surface area contributed by atoms with Gasteiger partial charge in [0.05, 0.1) is 5.56 Å². The van der Waals surface area contributed by atoms with Crippen LogP contribution in [0.4, 0.5) is 24.5 Å². The first-order valence-corrected chi connectivity index (χ1v) is 8.25. The maximum atomic E-state index is 13.2. The van der Waals surface area contributed by atoms with Gasteiger partial charge < -0.3 is 4.90 Å². The van der Waals surface area contributed by atoms with Crippen LogP contribution in [0.15, 0.2) is 53.6 Å². The van der Waals surface area contributed by atoms with Crippen LogP contribution >= 0.6 is 0 Å². The van der Waals surface area contributed by atoms with Gasteiger partial charge >= 0.3 is 6.18 Å². The zero-order valence-electron chi connectivity index (χ0n) is 14.0. The molecular weight excluding hydrogens is 343 g/mol. The summed E-state index contributed by atoms with van der Waals surface area (Å²) in [6, 6.07) is 14.0. The number of halogens is 3. The van der Waals surface area contributed by atoms with Gasteiger partial charge in [-0.25, -0.2) is 0 Å². The summed E-state index contributed by atoms with van der Waals surface area (Å²) in [5.41, 5.74) is 8.87. The second kappa shape index (κ2) is 7.68. The van der Waals surface area contributed by atoms with Crippen molar-refractivity contribution in [2.75, 3.05) is 31.1 Å². The largest absolute Gasteiger partial charge is 0.416 e. The van der Waals surface area contributed by atoms with Crippen molar-refractivity contribution in [1.29, 1.82) is 0 Å². The van der Waals surface area contributed by atoms with E-state index in [9.17, 15) is 13.2 Å². The number of rotatable bonds is 4. The third-order valence-electron chi connectivity index (χ3n) is 4.42. The Balaban J connectivity index is 1.70. The van der Waals surface area contributed by atoms with Crippen molar-refractivity contribution in [1.82, 2.24) is 4.90 Å². The molecule has 2 aromatic rings. The standard InChI is InChI=1S/C18H18F3N5/c19-18(20,21)16-12-15(6-7-17(16)23-24-22)26-10-8-25(9-11-26)13-14-4-2-1-3-5-14/h1-7,12H,8-11,13H2. The Bertz CT molecular complexity index is 792. The molecule has 1 heterocycles. The molecule has 0 amide bonds. The molecule has 8 heteroatoms. The maximum Gasteiger partial charge on any atom is 0.416 e. The third-order valence-corrected chi connectivity index (χ3v) is 4.42. The van der Waals surface area contributed by atoms with E-state index in [-0.39, 0.29) is 0 Å². The van der Waals surface area contributed by atoms with Crippen LogP contribution in [-0.2, 0) is 12.7 Å². The number of hydrogen-bond donors (Lipinski definition) is 0. The summed E-state index contributed by atoms with van der Waals surface area (Å²) in [6.45, 7) is 3.66. The predicted molar refractivity (Wildman–Crippen MR) is 94.2 cm³/mol. The summed E-state index contributed by atoms with van der Waals surface area (Å²) in [4.78, 5) is 6.69. The van der Waals surface area contributed by atoms with E-state index in [1.165, 1.54) is 11.6 Å². The molecule has 0 aromatic heterocycles. The number of alkyl halides is 3. The minimum atomic E-state index is -4.56. The summed E-state index contributed by atoms with van der Waals surface area (Å²) < 4.78 is 39.6. The van der Waals surface area contributed by atoms with Gasteiger partial charge in [-0.1, -0.05) is 41.5 Å². The molecule has 0 bridgehead atoms. The lowest BCUT2D eigenvalue weighted by Gasteiger charge is -2.36. The van der Waals surface area contributed by atoms with Crippen LogP contribution in [0, 0.1) is 0 Å². The molecule has 5 nitrogen and oxygen atoms in total. The Hall–Kier alpha value is -2.70. The van der Waals surface area contributed by atoms with Crippen LogP contribution in [0.2, 0.25) is 0 Å². The minimum Gasteiger partial charge on any atom is -0.369 e. The molecular formula is C18H18F3N5. The minimum absolute atomic E-state index is 0.397. The highest BCUT2D eigenvalue weighted by Gasteiger charge is 2.34. The van der Waals surface area contributed by atoms with Gasteiger partial charge in [0.1, 0.15) is 0 Å². The molecule has 2 aromatic carbocycles. The van der Waals surface area contributed by atoms with Gasteiger partial charge in [0.2, 0.25) is 0 Å². The second-order valence-electron chi connectivity index (χ2n) is 6.14. The van der Waals surface area contributed by atoms with Crippen molar-refractivity contribution in [2.24, 2.45) is 5.11 Å². The average Bonchev–Trinajstić information content (AvgIpc) is 2.63. The molecule has 0 unspecified atom stereocenters. The van der Waals surface area contributed by atoms with E-state index in [2.05, 4.69) is 27.1 Å². The van der Waals surface area contributed by atoms with E-state index in [1.54, 1.807) is 6.07 Å². The van der Waals surface area contributed by atoms with Crippen molar-refractivity contribution in [3.05, 3.63) is 70.1 Å². The molecule has 0 N–H and O–H groups in total. The SMILES string of the molecule is [N-]=[N+]=Nc1ccc(N2CCN(Cc3ccccc3)CC2)cc1C(F)(F)F. The fraction of sp³-hybridized carbons (Fsp3) is 0.333. The zero-order chi connectivity index (χ0) is 18.6. The summed E-state index contributed by atoms with van der Waals surface area (Å²) >= 11 is 0. The summed E-state index contributed by atoms with van der Waals surface area (Å²) in [5, 5.41) is 3.15. The molecule has 26 heavy (non-hydrogen) atoms. The molecule has 1 aliphatic heterocycles. The zero-order valence-corrected chi connectivity index (χ0v) is 14.0. The molecule has 1 fully saturated rings. The molecule has 0 aliphatic carbocycles. The molecule has 0 radical (unpaired) electrons. The number of azide groups is 1. The van der Waals surface area contributed by atoms with E-state index in [0.717, 1.165) is 25.7 Å². The monoisotopic (exact) mass is 361 g/mol. The lowest BCUT2D eigenvalue weighted by Crippen LogP contribution is -2.46. The fourth-order valence-electron chi connectivity index (χ4n) is 3.09. The smallest absolute Gasteiger partial charge is 0.369 e. The van der Waals surface area contributed by atoms with Gasteiger partial charge in [-0.15, -0.1) is 0 Å². The number of anilines is 1. The third kappa shape index (κ3) is 4.28. The van der Waals surface area contributed by atoms with Crippen LogP contribution in [0.5, 0.6) is 0 Å². The highest BCUT2D eigenvalue weighted by molar-refractivity contribution is 5.59. The van der Waals surface area contributed by atoms with E-state index in [4.69, 9.17) is 5.53 Å². The van der Waals surface area contributed by atoms with Gasteiger partial charge in [0.25, 0.3) is 0 Å². The molecule has 0 saturated carbocycles. The molecule has 0 spiro atoms. The molecule has 3 rings (SSSR count). The Labute approximate surface area is 149 Å². The van der Waals surface area contributed by atoms with E-state index >= 15 is 0 Å². The van der Waals surface area contributed by atoms with Crippen LogP contribution in [0.1, 0.15) is 11.1 Å². The number of benzene rings is 2. The first-order valence-electron chi connectivity index (χ1n) is 8.25. The summed E-state index contributed by atoms with van der Waals surface area (Å²) in [7, 11) is 0. The number of hydrogen-bond acceptors (Lipinski definition) is 3. The Morgan fingerprint density at radius 1 is 1.00 bits per heavy atom. The summed E-state index contributed by atoms with van der Waals surface area (Å²) in [5.74, 6) is 0. The van der Waals surface area contributed by atoms with Crippen LogP contribution in [0.25, 0.3) is 10.4 Å². The van der Waals surface area contributed by atoms with E-state index in [0.29, 0.717) is 18.8 Å². The average molecular weight is 361 g/mol. The highest BCUT2D eigenvalue weighted by Crippen LogP contribution is 2.39. The van der Waals surface area contributed by atoms with Crippen LogP contribution < -0.4 is 4.90 Å². The van der Waals surface area contributed by atoms with Gasteiger partial charge in [-0.2, -0.15) is 13.2 Å². The van der Waals surface area contributed by atoms with E-state index < -0.39 is 17.4 Å². The van der Waals surface area contributed by atoms with Crippen LogP contribution in [-0.4, -0.2) is 31.1 Å². The second-order valence-corrected chi connectivity index (χ2v) is 6.14. The Kier molecular flexibility index (Phi) is 5.35. The lowest BCUT2D eigenvalue weighted by molar-refractivity contribution is -0.137. The molecule has 136 valence electrons. The van der Waals surface area contributed by atoms with Crippen molar-refractivity contribution >= 4 is 11.4 Å². The molecule has 0 atom stereocenters. The van der Waals surface area contributed by atoms with Crippen molar-refractivity contribution in [3.8, 4) is 0 Å². The van der Waals surface area contributed by atoms with Gasteiger partial charge in [0.15, 0.2) is 0 Å². The first-order chi connectivity index (χ1) is 12.5. The van der Waals surface area contributed by atoms with Gasteiger partial charge in [0, 0.05) is 49.0 Å².